The molecule has 1 N–H and O–H groups in total. The van der Waals surface area contributed by atoms with E-state index in [1.165, 1.54) is 5.57 Å². The van der Waals surface area contributed by atoms with Crippen molar-refractivity contribution in [1.82, 2.24) is 25.3 Å². The van der Waals surface area contributed by atoms with E-state index in [-0.39, 0.29) is 12.5 Å². The molecule has 1 amide bonds. The summed E-state index contributed by atoms with van der Waals surface area (Å²) in [4.78, 5) is 22.7. The normalized spacial score (nSPS) is 18.0. The number of halogens is 1. The maximum atomic E-state index is 11.9. The number of hydrazine groups is 1. The molecule has 0 spiro atoms. The molecule has 7 nitrogen and oxygen atoms in total. The number of amides is 1. The van der Waals surface area contributed by atoms with E-state index >= 15 is 0 Å². The zero-order valence-corrected chi connectivity index (χ0v) is 16.7. The van der Waals surface area contributed by atoms with Crippen molar-refractivity contribution in [2.75, 3.05) is 39.9 Å². The zero-order chi connectivity index (χ0) is 19.5. The predicted octanol–water partition coefficient (Wildman–Crippen LogP) is 2.33. The van der Waals surface area contributed by atoms with Gasteiger partial charge >= 0.3 is 0 Å². The molecule has 4 rings (SSSR count). The van der Waals surface area contributed by atoms with Crippen LogP contribution in [0.3, 0.4) is 0 Å². The van der Waals surface area contributed by atoms with E-state index in [0.717, 1.165) is 55.6 Å². The van der Waals surface area contributed by atoms with E-state index in [1.54, 1.807) is 13.2 Å². The minimum atomic E-state index is 0.0833. The van der Waals surface area contributed by atoms with Crippen LogP contribution < -0.4 is 5.43 Å². The third-order valence-corrected chi connectivity index (χ3v) is 5.56. The lowest BCUT2D eigenvalue weighted by molar-refractivity contribution is -0.136. The first-order valence-electron chi connectivity index (χ1n) is 9.52. The number of nitrogens with zero attached hydrogens (tertiary/aromatic N) is 4. The monoisotopic (exact) mass is 401 g/mol. The number of ether oxygens (including phenoxy) is 1. The molecule has 1 fully saturated rings. The number of nitrogens with one attached hydrogen (secondary N) is 1. The van der Waals surface area contributed by atoms with E-state index in [0.29, 0.717) is 11.1 Å². The van der Waals surface area contributed by atoms with Crippen molar-refractivity contribution in [3.8, 4) is 0 Å². The van der Waals surface area contributed by atoms with Crippen LogP contribution in [-0.4, -0.2) is 65.7 Å². The van der Waals surface area contributed by atoms with Gasteiger partial charge in [-0.1, -0.05) is 11.6 Å². The molecule has 4 heterocycles. The second kappa shape index (κ2) is 8.43. The molecule has 0 aromatic carbocycles. The summed E-state index contributed by atoms with van der Waals surface area (Å²) in [7, 11) is 1.56. The summed E-state index contributed by atoms with van der Waals surface area (Å²) in [5.41, 5.74) is 7.31. The standard InChI is InChI=1S/C20H24ClN5O2/c1-28-13-20(27)25-6-4-14(5-7-25)11-26-12-16(10-23-26)15-8-18-17(22-9-15)2-3-19(21)24-18/h2-3,8-9,12,14,23H,4-7,10-11,13H2,1H3. The Bertz CT molecular complexity index is 895. The molecule has 0 unspecified atom stereocenters. The highest BCUT2D eigenvalue weighted by Gasteiger charge is 2.25. The number of pyridine rings is 2. The molecule has 28 heavy (non-hydrogen) atoms. The Kier molecular flexibility index (Phi) is 5.75. The SMILES string of the molecule is COCC(=O)N1CCC(CN2C=C(c3cnc4ccc(Cl)nc4c3)CN2)CC1. The van der Waals surface area contributed by atoms with Crippen molar-refractivity contribution in [3.05, 3.63) is 41.3 Å². The predicted molar refractivity (Wildman–Crippen MR) is 108 cm³/mol. The van der Waals surface area contributed by atoms with Gasteiger partial charge in [-0.05, 0) is 42.5 Å². The van der Waals surface area contributed by atoms with Crippen molar-refractivity contribution >= 4 is 34.1 Å². The Labute approximate surface area is 169 Å². The molecule has 2 aromatic heterocycles. The minimum absolute atomic E-state index is 0.0833. The number of carbonyl (C=O) groups excluding carboxylic acids is 1. The Morgan fingerprint density at radius 1 is 1.32 bits per heavy atom. The number of piperidine rings is 1. The maximum absolute atomic E-state index is 11.9. The summed E-state index contributed by atoms with van der Waals surface area (Å²) >= 11 is 6.00. The zero-order valence-electron chi connectivity index (χ0n) is 15.9. The van der Waals surface area contributed by atoms with Crippen LogP contribution in [0.25, 0.3) is 16.6 Å². The molecule has 1 saturated heterocycles. The number of rotatable bonds is 5. The molecule has 2 aliphatic heterocycles. The maximum Gasteiger partial charge on any atom is 0.248 e. The smallest absolute Gasteiger partial charge is 0.248 e. The summed E-state index contributed by atoms with van der Waals surface area (Å²) < 4.78 is 4.94. The Balaban J connectivity index is 1.36. The van der Waals surface area contributed by atoms with Crippen LogP contribution in [0.2, 0.25) is 5.15 Å². The fourth-order valence-corrected chi connectivity index (χ4v) is 3.93. The van der Waals surface area contributed by atoms with Crippen LogP contribution in [0.15, 0.2) is 30.6 Å². The number of carbonyl (C=O) groups is 1. The van der Waals surface area contributed by atoms with Crippen LogP contribution in [0.4, 0.5) is 0 Å². The fraction of sp³-hybridized carbons (Fsp3) is 0.450. The molecular weight excluding hydrogens is 378 g/mol. The van der Waals surface area contributed by atoms with Crippen molar-refractivity contribution in [1.29, 1.82) is 0 Å². The molecular formula is C20H24ClN5O2. The second-order valence-electron chi connectivity index (χ2n) is 7.29. The molecule has 2 aromatic rings. The molecule has 0 atom stereocenters. The van der Waals surface area contributed by atoms with E-state index in [1.807, 2.05) is 23.2 Å². The third-order valence-electron chi connectivity index (χ3n) is 5.35. The number of likely N-dealkylation sites (tertiary alicyclic amines) is 1. The lowest BCUT2D eigenvalue weighted by Crippen LogP contribution is -2.43. The third kappa shape index (κ3) is 4.27. The molecule has 148 valence electrons. The van der Waals surface area contributed by atoms with Crippen LogP contribution in [-0.2, 0) is 9.53 Å². The highest BCUT2D eigenvalue weighted by molar-refractivity contribution is 6.29. The van der Waals surface area contributed by atoms with Gasteiger partial charge in [0.2, 0.25) is 5.91 Å². The van der Waals surface area contributed by atoms with Crippen LogP contribution in [0, 0.1) is 5.92 Å². The lowest BCUT2D eigenvalue weighted by atomic mass is 9.96. The first-order valence-corrected chi connectivity index (χ1v) is 9.90. The van der Waals surface area contributed by atoms with Crippen molar-refractivity contribution < 1.29 is 9.53 Å². The number of hydrogen-bond donors (Lipinski definition) is 1. The summed E-state index contributed by atoms with van der Waals surface area (Å²) in [6.07, 6.45) is 6.05. The summed E-state index contributed by atoms with van der Waals surface area (Å²) in [6.45, 7) is 3.47. The van der Waals surface area contributed by atoms with Gasteiger partial charge in [-0.2, -0.15) is 0 Å². The Morgan fingerprint density at radius 2 is 2.14 bits per heavy atom. The molecule has 0 saturated carbocycles. The first-order chi connectivity index (χ1) is 13.6. The largest absolute Gasteiger partial charge is 0.375 e. The Morgan fingerprint density at radius 3 is 2.93 bits per heavy atom. The second-order valence-corrected chi connectivity index (χ2v) is 7.68. The molecule has 0 aliphatic carbocycles. The van der Waals surface area contributed by atoms with E-state index in [9.17, 15) is 4.79 Å². The number of fused-ring (bicyclic) bond motifs is 1. The highest BCUT2D eigenvalue weighted by Crippen LogP contribution is 2.24. The van der Waals surface area contributed by atoms with E-state index in [2.05, 4.69) is 26.6 Å². The van der Waals surface area contributed by atoms with Crippen molar-refractivity contribution in [3.63, 3.8) is 0 Å². The van der Waals surface area contributed by atoms with Gasteiger partial charge in [0.25, 0.3) is 0 Å². The number of hydrogen-bond acceptors (Lipinski definition) is 6. The fourth-order valence-electron chi connectivity index (χ4n) is 3.78. The van der Waals surface area contributed by atoms with Gasteiger partial charge in [0.1, 0.15) is 11.8 Å². The van der Waals surface area contributed by atoms with Gasteiger partial charge in [-0.15, -0.1) is 0 Å². The van der Waals surface area contributed by atoms with Crippen molar-refractivity contribution in [2.45, 2.75) is 12.8 Å². The average Bonchev–Trinajstić information content (AvgIpc) is 3.16. The number of aromatic nitrogens is 2. The summed E-state index contributed by atoms with van der Waals surface area (Å²) in [6, 6.07) is 5.67. The highest BCUT2D eigenvalue weighted by atomic mass is 35.5. The minimum Gasteiger partial charge on any atom is -0.375 e. The van der Waals surface area contributed by atoms with Crippen LogP contribution in [0.5, 0.6) is 0 Å². The molecule has 0 radical (unpaired) electrons. The van der Waals surface area contributed by atoms with Gasteiger partial charge in [-0.3, -0.25) is 9.78 Å². The van der Waals surface area contributed by atoms with E-state index < -0.39 is 0 Å². The van der Waals surface area contributed by atoms with Crippen molar-refractivity contribution in [2.24, 2.45) is 5.92 Å². The van der Waals surface area contributed by atoms with Gasteiger partial charge in [0, 0.05) is 51.2 Å². The Hall–Kier alpha value is -2.22. The summed E-state index contributed by atoms with van der Waals surface area (Å²) in [5, 5.41) is 2.63. The topological polar surface area (TPSA) is 70.6 Å². The van der Waals surface area contributed by atoms with Gasteiger partial charge in [0.05, 0.1) is 11.0 Å². The quantitative estimate of drug-likeness (QED) is 0.775. The molecule has 0 bridgehead atoms. The van der Waals surface area contributed by atoms with Gasteiger partial charge in [-0.25, -0.2) is 10.4 Å². The van der Waals surface area contributed by atoms with E-state index in [4.69, 9.17) is 16.3 Å². The lowest BCUT2D eigenvalue weighted by Gasteiger charge is -2.33. The summed E-state index contributed by atoms with van der Waals surface area (Å²) in [5.74, 6) is 0.643. The molecule has 2 aliphatic rings. The van der Waals surface area contributed by atoms with Gasteiger partial charge < -0.3 is 14.6 Å². The first kappa shape index (κ1) is 19.1. The average molecular weight is 402 g/mol. The molecule has 8 heteroatoms. The van der Waals surface area contributed by atoms with Crippen LogP contribution in [0.1, 0.15) is 18.4 Å². The van der Waals surface area contributed by atoms with Gasteiger partial charge in [0.15, 0.2) is 0 Å². The van der Waals surface area contributed by atoms with Crippen LogP contribution >= 0.6 is 11.6 Å². The number of methoxy groups -OCH3 is 1.